The van der Waals surface area contributed by atoms with Gasteiger partial charge in [-0.2, -0.15) is 0 Å². The maximum atomic E-state index is 5.20. The van der Waals surface area contributed by atoms with E-state index in [9.17, 15) is 0 Å². The summed E-state index contributed by atoms with van der Waals surface area (Å²) in [5.41, 5.74) is 0. The molecule has 0 spiro atoms. The molecule has 5 heavy (non-hydrogen) atoms. The summed E-state index contributed by atoms with van der Waals surface area (Å²) in [7, 11) is 6.07. The molecule has 0 aromatic heterocycles. The van der Waals surface area contributed by atoms with Gasteiger partial charge in [0.15, 0.2) is 0 Å². The van der Waals surface area contributed by atoms with Crippen molar-refractivity contribution in [2.45, 2.75) is 0 Å². The molecular weight excluding hydrogens is 169 g/mol. The van der Waals surface area contributed by atoms with Gasteiger partial charge in [-0.25, -0.2) is 0 Å². The molecule has 0 aliphatic heterocycles. The molecule has 0 nitrogen and oxygen atoms in total. The molecule has 0 rings (SSSR count). The van der Waals surface area contributed by atoms with Crippen LogP contribution in [0.4, 0.5) is 0 Å². The van der Waals surface area contributed by atoms with E-state index in [0.717, 1.165) is 10.6 Å². The first-order chi connectivity index (χ1) is 2.27. The third kappa shape index (κ3) is 5.65. The minimum absolute atomic E-state index is 1.02. The van der Waals surface area contributed by atoms with Gasteiger partial charge in [0, 0.05) is 0 Å². The summed E-state index contributed by atoms with van der Waals surface area (Å²) in [6.45, 7) is 0. The van der Waals surface area contributed by atoms with E-state index >= 15 is 0 Å². The average molecular weight is 171 g/mol. The fraction of sp³-hybridized carbons (Fsp3) is 0. The van der Waals surface area contributed by atoms with Crippen LogP contribution in [0.25, 0.3) is 0 Å². The monoisotopic (exact) mass is 170 g/mol. The average Bonchev–Trinajstić information content (AvgIpc) is 1.38. The molecule has 0 amide bonds. The van der Waals surface area contributed by atoms with Crippen LogP contribution >= 0.6 is 49.6 Å². The van der Waals surface area contributed by atoms with Crippen LogP contribution in [0.1, 0.15) is 0 Å². The minimum atomic E-state index is -1.52. The Labute approximate surface area is 49.7 Å². The van der Waals surface area contributed by atoms with Gasteiger partial charge in [-0.1, -0.05) is 0 Å². The van der Waals surface area contributed by atoms with E-state index in [2.05, 4.69) is 0 Å². The Hall–Kier alpha value is 1.65. The normalized spacial score (nSPS) is 11.4. The van der Waals surface area contributed by atoms with E-state index in [4.69, 9.17) is 33.2 Å². The second-order valence-electron chi connectivity index (χ2n) is 0.350. The van der Waals surface area contributed by atoms with Crippen LogP contribution in [0.5, 0.6) is 0 Å². The van der Waals surface area contributed by atoms with Gasteiger partial charge >= 0.3 is 49.6 Å². The number of halogens is 3. The zero-order valence-electron chi connectivity index (χ0n) is 2.12. The van der Waals surface area contributed by atoms with E-state index in [1.807, 2.05) is 0 Å². The molecule has 0 saturated carbocycles. The Morgan fingerprint density at radius 3 is 1.60 bits per heavy atom. The third-order valence-corrected chi connectivity index (χ3v) is 5.45. The molecule has 0 aliphatic rings. The second kappa shape index (κ2) is 3.83. The fourth-order valence-corrected chi connectivity index (χ4v) is 0. The summed E-state index contributed by atoms with van der Waals surface area (Å²) in [6.07, 6.45) is 0. The van der Waals surface area contributed by atoms with Crippen LogP contribution in [0, 0.1) is 0 Å². The van der Waals surface area contributed by atoms with E-state index in [0.29, 0.717) is 0 Å². The first kappa shape index (κ1) is 6.65. The van der Waals surface area contributed by atoms with Crippen molar-refractivity contribution in [3.05, 3.63) is 0 Å². The molecule has 34 valence electrons. The van der Waals surface area contributed by atoms with Crippen LogP contribution in [-0.2, 0) is 0 Å². The number of rotatable bonds is 1. The second-order valence-corrected chi connectivity index (χ2v) is 9.44. The first-order valence-corrected chi connectivity index (χ1v) is 7.44. The van der Waals surface area contributed by atoms with E-state index in [1.165, 1.54) is 0 Å². The van der Waals surface area contributed by atoms with Crippen LogP contribution < -0.4 is 0 Å². The van der Waals surface area contributed by atoms with Crippen molar-refractivity contribution in [2.75, 3.05) is 0 Å². The van der Waals surface area contributed by atoms with Crippen molar-refractivity contribution >= 4 is 49.6 Å². The van der Waals surface area contributed by atoms with Gasteiger partial charge in [-0.05, 0) is 0 Å². The van der Waals surface area contributed by atoms with Gasteiger partial charge in [-0.3, -0.25) is 0 Å². The van der Waals surface area contributed by atoms with Crippen molar-refractivity contribution in [3.63, 3.8) is 0 Å². The van der Waals surface area contributed by atoms with Crippen LogP contribution in [0.3, 0.4) is 0 Å². The predicted octanol–water partition coefficient (Wildman–Crippen LogP) is 3.04. The van der Waals surface area contributed by atoms with Gasteiger partial charge in [0.25, 0.3) is 0 Å². The quantitative estimate of drug-likeness (QED) is 0.547. The first-order valence-electron chi connectivity index (χ1n) is 0.826. The summed E-state index contributed by atoms with van der Waals surface area (Å²) in [5.74, 6) is -1.52. The van der Waals surface area contributed by atoms with Gasteiger partial charge in [0.1, 0.15) is 0 Å². The summed E-state index contributed by atoms with van der Waals surface area (Å²) in [4.78, 5) is 0. The van der Waals surface area contributed by atoms with Crippen molar-refractivity contribution in [1.29, 1.82) is 0 Å². The summed E-state index contributed by atoms with van der Waals surface area (Å²) >= 11 is 10.4. The molecule has 0 aromatic rings. The molecule has 0 aromatic carbocycles. The van der Waals surface area contributed by atoms with Crippen LogP contribution in [-0.4, -0.2) is 0 Å². The fourth-order valence-electron chi connectivity index (χ4n) is 0. The molecule has 0 aliphatic carbocycles. The molecule has 0 bridgehead atoms. The van der Waals surface area contributed by atoms with Crippen molar-refractivity contribution in [1.82, 2.24) is 0 Å². The maximum absolute atomic E-state index is 5.20. The van der Waals surface area contributed by atoms with Crippen LogP contribution in [0.2, 0.25) is 0 Å². The molecule has 0 heterocycles. The standard InChI is InChI=1S/Cl3H2PS/c1-4(2)5-3/h4H2. The number of hydrogen-bond donors (Lipinski definition) is 0. The SMILES string of the molecule is ClS[PH2](Cl)Cl. The molecule has 0 fully saturated rings. The summed E-state index contributed by atoms with van der Waals surface area (Å²) < 4.78 is 0. The molecule has 0 unspecified atom stereocenters. The third-order valence-electron chi connectivity index (χ3n) is 0.0673. The summed E-state index contributed by atoms with van der Waals surface area (Å²) in [5, 5.41) is 0. The Balaban J connectivity index is 2.54. The van der Waals surface area contributed by atoms with E-state index in [1.54, 1.807) is 0 Å². The predicted molar refractivity (Wildman–Crippen MR) is 34.9 cm³/mol. The van der Waals surface area contributed by atoms with Crippen LogP contribution in [0.15, 0.2) is 0 Å². The van der Waals surface area contributed by atoms with Crippen molar-refractivity contribution in [2.24, 2.45) is 0 Å². The Morgan fingerprint density at radius 1 is 1.40 bits per heavy atom. The van der Waals surface area contributed by atoms with Crippen molar-refractivity contribution in [3.8, 4) is 0 Å². The molecule has 0 saturated heterocycles. The Bertz CT molecular complexity index is 20.9. The van der Waals surface area contributed by atoms with E-state index in [-0.39, 0.29) is 0 Å². The molecule has 0 N–H and O–H groups in total. The van der Waals surface area contributed by atoms with Gasteiger partial charge < -0.3 is 0 Å². The van der Waals surface area contributed by atoms with E-state index < -0.39 is 5.83 Å². The van der Waals surface area contributed by atoms with Gasteiger partial charge in [0.2, 0.25) is 0 Å². The summed E-state index contributed by atoms with van der Waals surface area (Å²) in [6, 6.07) is 0. The number of hydrogen-bond acceptors (Lipinski definition) is 1. The molecular formula is H2Cl3PS. The Kier molecular flexibility index (Phi) is 5.09. The zero-order valence-corrected chi connectivity index (χ0v) is 6.36. The van der Waals surface area contributed by atoms with Crippen molar-refractivity contribution < 1.29 is 0 Å². The topological polar surface area (TPSA) is 0 Å². The van der Waals surface area contributed by atoms with Gasteiger partial charge in [0.05, 0.1) is 0 Å². The molecule has 5 heteroatoms. The Morgan fingerprint density at radius 2 is 1.60 bits per heavy atom. The van der Waals surface area contributed by atoms with Gasteiger partial charge in [-0.15, -0.1) is 0 Å². The zero-order chi connectivity index (χ0) is 4.28. The molecule has 0 radical (unpaired) electrons. The molecule has 0 atom stereocenters.